The van der Waals surface area contributed by atoms with Crippen molar-refractivity contribution >= 4 is 17.5 Å². The zero-order chi connectivity index (χ0) is 20.9. The van der Waals surface area contributed by atoms with E-state index in [-0.39, 0.29) is 30.0 Å². The molecule has 2 heterocycles. The fourth-order valence-electron chi connectivity index (χ4n) is 4.60. The molecule has 3 unspecified atom stereocenters. The number of rotatable bonds is 6. The molecule has 2 fully saturated rings. The fourth-order valence-corrected chi connectivity index (χ4v) is 4.72. The third-order valence-corrected chi connectivity index (χ3v) is 6.64. The average molecular weight is 427 g/mol. The Morgan fingerprint density at radius 1 is 1.07 bits per heavy atom. The van der Waals surface area contributed by atoms with Crippen molar-refractivity contribution in [3.8, 4) is 0 Å². The van der Waals surface area contributed by atoms with Gasteiger partial charge in [-0.1, -0.05) is 54.1 Å². The summed E-state index contributed by atoms with van der Waals surface area (Å²) < 4.78 is 0. The number of benzene rings is 2. The van der Waals surface area contributed by atoms with Crippen molar-refractivity contribution in [2.75, 3.05) is 13.1 Å². The summed E-state index contributed by atoms with van der Waals surface area (Å²) in [5.41, 5.74) is 9.16. The van der Waals surface area contributed by atoms with Gasteiger partial charge in [0.2, 0.25) is 5.91 Å². The minimum absolute atomic E-state index is 0.107. The van der Waals surface area contributed by atoms with Crippen LogP contribution in [0, 0.1) is 5.92 Å². The van der Waals surface area contributed by atoms with Crippen LogP contribution in [0.3, 0.4) is 0 Å². The zero-order valence-corrected chi connectivity index (χ0v) is 18.2. The van der Waals surface area contributed by atoms with Crippen molar-refractivity contribution in [1.82, 2.24) is 21.1 Å². The van der Waals surface area contributed by atoms with E-state index in [9.17, 15) is 4.79 Å². The maximum atomic E-state index is 12.8. The quantitative estimate of drug-likeness (QED) is 0.659. The Morgan fingerprint density at radius 2 is 1.77 bits per heavy atom. The van der Waals surface area contributed by atoms with Gasteiger partial charge in [-0.2, -0.15) is 0 Å². The fraction of sp³-hybridized carbons (Fsp3) is 0.458. The summed E-state index contributed by atoms with van der Waals surface area (Å²) in [6.45, 7) is 5.16. The number of hydrogen-bond donors (Lipinski definition) is 3. The minimum Gasteiger partial charge on any atom is -0.353 e. The van der Waals surface area contributed by atoms with Crippen LogP contribution in [-0.2, 0) is 11.3 Å². The van der Waals surface area contributed by atoms with E-state index in [4.69, 9.17) is 11.6 Å². The maximum Gasteiger partial charge on any atom is 0.220 e. The molecule has 0 spiro atoms. The van der Waals surface area contributed by atoms with E-state index in [0.29, 0.717) is 6.42 Å². The molecule has 5 nitrogen and oxygen atoms in total. The first-order chi connectivity index (χ1) is 14.6. The number of hydrazine groups is 1. The first kappa shape index (κ1) is 21.3. The molecule has 3 atom stereocenters. The van der Waals surface area contributed by atoms with Gasteiger partial charge in [0, 0.05) is 49.1 Å². The lowest BCUT2D eigenvalue weighted by molar-refractivity contribution is -0.123. The Hall–Kier alpha value is -1.92. The third kappa shape index (κ3) is 5.41. The predicted octanol–water partition coefficient (Wildman–Crippen LogP) is 3.66. The van der Waals surface area contributed by atoms with Crippen LogP contribution in [0.5, 0.6) is 0 Å². The van der Waals surface area contributed by atoms with Crippen molar-refractivity contribution in [2.24, 2.45) is 5.92 Å². The lowest BCUT2D eigenvalue weighted by Crippen LogP contribution is -2.45. The van der Waals surface area contributed by atoms with Crippen LogP contribution >= 0.6 is 11.6 Å². The van der Waals surface area contributed by atoms with Crippen LogP contribution in [0.1, 0.15) is 43.4 Å². The summed E-state index contributed by atoms with van der Waals surface area (Å²) >= 11 is 6.03. The van der Waals surface area contributed by atoms with Gasteiger partial charge < -0.3 is 5.32 Å². The molecule has 0 bridgehead atoms. The maximum absolute atomic E-state index is 12.8. The SMILES string of the molecule is CC1NNC(c2ccc(Cl)cc2)C1CC(=O)NC1CCN(Cc2ccccc2)CC1. The summed E-state index contributed by atoms with van der Waals surface area (Å²) in [6.07, 6.45) is 2.53. The number of carbonyl (C=O) groups is 1. The van der Waals surface area contributed by atoms with Gasteiger partial charge in [0.1, 0.15) is 0 Å². The summed E-state index contributed by atoms with van der Waals surface area (Å²) in [5.74, 6) is 0.349. The normalized spacial score (nSPS) is 25.3. The highest BCUT2D eigenvalue weighted by Gasteiger charge is 2.36. The molecule has 3 N–H and O–H groups in total. The number of nitrogens with zero attached hydrogens (tertiary/aromatic N) is 1. The molecule has 2 saturated heterocycles. The van der Waals surface area contributed by atoms with Crippen LogP contribution in [0.4, 0.5) is 0 Å². The van der Waals surface area contributed by atoms with E-state index in [0.717, 1.165) is 43.1 Å². The van der Waals surface area contributed by atoms with E-state index in [1.54, 1.807) is 0 Å². The van der Waals surface area contributed by atoms with Gasteiger partial charge in [0.25, 0.3) is 0 Å². The van der Waals surface area contributed by atoms with Crippen molar-refractivity contribution in [2.45, 2.75) is 50.9 Å². The Balaban J connectivity index is 1.26. The lowest BCUT2D eigenvalue weighted by Gasteiger charge is -2.32. The molecule has 0 aliphatic carbocycles. The molecular weight excluding hydrogens is 396 g/mol. The van der Waals surface area contributed by atoms with Gasteiger partial charge in [-0.15, -0.1) is 0 Å². The van der Waals surface area contributed by atoms with E-state index in [1.165, 1.54) is 5.56 Å². The van der Waals surface area contributed by atoms with Crippen LogP contribution in [0.15, 0.2) is 54.6 Å². The van der Waals surface area contributed by atoms with E-state index >= 15 is 0 Å². The molecule has 4 rings (SSSR count). The van der Waals surface area contributed by atoms with Crippen molar-refractivity contribution < 1.29 is 4.79 Å². The summed E-state index contributed by atoms with van der Waals surface area (Å²) in [6, 6.07) is 19.1. The molecule has 160 valence electrons. The smallest absolute Gasteiger partial charge is 0.220 e. The summed E-state index contributed by atoms with van der Waals surface area (Å²) in [4.78, 5) is 15.3. The second-order valence-electron chi connectivity index (χ2n) is 8.58. The number of nitrogens with one attached hydrogen (secondary N) is 3. The summed E-state index contributed by atoms with van der Waals surface area (Å²) in [5, 5.41) is 4.02. The Morgan fingerprint density at radius 3 is 2.47 bits per heavy atom. The highest BCUT2D eigenvalue weighted by molar-refractivity contribution is 6.30. The van der Waals surface area contributed by atoms with Gasteiger partial charge >= 0.3 is 0 Å². The molecule has 1 amide bonds. The number of piperidine rings is 1. The largest absolute Gasteiger partial charge is 0.353 e. The molecule has 2 aromatic carbocycles. The molecule has 2 aliphatic heterocycles. The topological polar surface area (TPSA) is 56.4 Å². The second kappa shape index (κ2) is 9.92. The molecule has 2 aromatic rings. The van der Waals surface area contributed by atoms with Crippen LogP contribution in [-0.4, -0.2) is 36.0 Å². The Kier molecular flexibility index (Phi) is 7.05. The standard InChI is InChI=1S/C24H31ClN4O/c1-17-22(24(28-27-17)19-7-9-20(25)10-8-19)15-23(30)26-21-11-13-29(14-12-21)16-18-5-3-2-4-6-18/h2-10,17,21-22,24,27-28H,11-16H2,1H3,(H,26,30). The molecular formula is C24H31ClN4O. The highest BCUT2D eigenvalue weighted by atomic mass is 35.5. The Bertz CT molecular complexity index is 821. The number of likely N-dealkylation sites (tertiary alicyclic amines) is 1. The van der Waals surface area contributed by atoms with Gasteiger partial charge in [0.15, 0.2) is 0 Å². The zero-order valence-electron chi connectivity index (χ0n) is 17.5. The molecule has 0 aromatic heterocycles. The van der Waals surface area contributed by atoms with Gasteiger partial charge in [-0.05, 0) is 43.0 Å². The van der Waals surface area contributed by atoms with Crippen LogP contribution in [0.25, 0.3) is 0 Å². The monoisotopic (exact) mass is 426 g/mol. The van der Waals surface area contributed by atoms with Crippen molar-refractivity contribution in [3.63, 3.8) is 0 Å². The Labute approximate surface area is 184 Å². The van der Waals surface area contributed by atoms with E-state index in [1.807, 2.05) is 24.3 Å². The first-order valence-electron chi connectivity index (χ1n) is 10.9. The van der Waals surface area contributed by atoms with E-state index < -0.39 is 0 Å². The van der Waals surface area contributed by atoms with Crippen molar-refractivity contribution in [3.05, 3.63) is 70.7 Å². The first-order valence-corrected chi connectivity index (χ1v) is 11.3. The molecule has 0 radical (unpaired) electrons. The number of carbonyl (C=O) groups excluding carboxylic acids is 1. The number of amides is 1. The van der Waals surface area contributed by atoms with Crippen molar-refractivity contribution in [1.29, 1.82) is 0 Å². The van der Waals surface area contributed by atoms with Gasteiger partial charge in [-0.25, -0.2) is 5.43 Å². The predicted molar refractivity (Wildman–Crippen MR) is 121 cm³/mol. The average Bonchev–Trinajstić information content (AvgIpc) is 3.11. The second-order valence-corrected chi connectivity index (χ2v) is 9.01. The van der Waals surface area contributed by atoms with Gasteiger partial charge in [0.05, 0.1) is 6.04 Å². The van der Waals surface area contributed by atoms with Crippen LogP contribution in [0.2, 0.25) is 5.02 Å². The van der Waals surface area contributed by atoms with Crippen LogP contribution < -0.4 is 16.2 Å². The lowest BCUT2D eigenvalue weighted by atomic mass is 9.87. The molecule has 2 aliphatic rings. The number of halogens is 1. The van der Waals surface area contributed by atoms with E-state index in [2.05, 4.69) is 58.3 Å². The van der Waals surface area contributed by atoms with Gasteiger partial charge in [-0.3, -0.25) is 15.1 Å². The number of hydrogen-bond acceptors (Lipinski definition) is 4. The molecule has 30 heavy (non-hydrogen) atoms. The molecule has 0 saturated carbocycles. The third-order valence-electron chi connectivity index (χ3n) is 6.39. The minimum atomic E-state index is 0.107. The summed E-state index contributed by atoms with van der Waals surface area (Å²) in [7, 11) is 0. The highest BCUT2D eigenvalue weighted by Crippen LogP contribution is 2.32. The molecule has 6 heteroatoms.